The molecule has 2 N–H and O–H groups in total. The number of rotatable bonds is 3. The Labute approximate surface area is 132 Å². The van der Waals surface area contributed by atoms with E-state index in [4.69, 9.17) is 5.26 Å². The van der Waals surface area contributed by atoms with Crippen LogP contribution in [0.1, 0.15) is 17.0 Å². The number of H-pyrrole nitrogens is 1. The smallest absolute Gasteiger partial charge is 0.216 e. The Hall–Kier alpha value is -1.72. The Kier molecular flexibility index (Phi) is 4.52. The van der Waals surface area contributed by atoms with Gasteiger partial charge < -0.3 is 5.32 Å². The molecule has 0 fully saturated rings. The maximum atomic E-state index is 9.11. The number of anilines is 1. The van der Waals surface area contributed by atoms with Gasteiger partial charge in [-0.2, -0.15) is 10.5 Å². The second kappa shape index (κ2) is 6.15. The van der Waals surface area contributed by atoms with Crippen LogP contribution in [-0.2, 0) is 0 Å². The first-order valence-electron chi connectivity index (χ1n) is 5.60. The first-order chi connectivity index (χ1) is 9.54. The lowest BCUT2D eigenvalue weighted by Gasteiger charge is -2.13. The largest absolute Gasteiger partial charge is 0.359 e. The van der Waals surface area contributed by atoms with Gasteiger partial charge in [-0.1, -0.05) is 15.9 Å². The van der Waals surface area contributed by atoms with Crippen molar-refractivity contribution in [1.29, 1.82) is 5.26 Å². The molecule has 1 heterocycles. The monoisotopic (exact) mass is 396 g/mol. The predicted molar refractivity (Wildman–Crippen MR) is 82.7 cm³/mol. The van der Waals surface area contributed by atoms with E-state index in [9.17, 15) is 0 Å². The molecule has 6 nitrogen and oxygen atoms in total. The number of benzene rings is 1. The van der Waals surface area contributed by atoms with Crippen molar-refractivity contribution >= 4 is 43.1 Å². The molecule has 8 heteroatoms. The van der Waals surface area contributed by atoms with Gasteiger partial charge in [0, 0.05) is 15.1 Å². The summed E-state index contributed by atoms with van der Waals surface area (Å²) in [6, 6.07) is 3.99. The zero-order valence-electron chi connectivity index (χ0n) is 10.7. The van der Waals surface area contributed by atoms with Gasteiger partial charge in [-0.05, 0) is 52.2 Å². The van der Waals surface area contributed by atoms with Gasteiger partial charge in [0.1, 0.15) is 11.6 Å². The SMILES string of the molecule is Cc1c(Br)cc(Br)c(NC=C(C#N)c2nn[nH]n2)c1C. The highest BCUT2D eigenvalue weighted by atomic mass is 79.9. The molecule has 1 aromatic carbocycles. The van der Waals surface area contributed by atoms with Crippen LogP contribution in [0.5, 0.6) is 0 Å². The number of halogens is 2. The number of hydrogen-bond donors (Lipinski definition) is 2. The predicted octanol–water partition coefficient (Wildman–Crippen LogP) is 3.32. The number of nitriles is 1. The lowest BCUT2D eigenvalue weighted by molar-refractivity contribution is 0.881. The van der Waals surface area contributed by atoms with Crippen molar-refractivity contribution in [1.82, 2.24) is 20.6 Å². The Morgan fingerprint density at radius 1 is 1.35 bits per heavy atom. The Morgan fingerprint density at radius 3 is 2.70 bits per heavy atom. The van der Waals surface area contributed by atoms with Crippen LogP contribution in [0.3, 0.4) is 0 Å². The summed E-state index contributed by atoms with van der Waals surface area (Å²) in [6.07, 6.45) is 1.56. The van der Waals surface area contributed by atoms with Crippen molar-refractivity contribution in [3.8, 4) is 6.07 Å². The van der Waals surface area contributed by atoms with Crippen molar-refractivity contribution < 1.29 is 0 Å². The molecule has 0 saturated carbocycles. The second-order valence-electron chi connectivity index (χ2n) is 4.01. The molecule has 102 valence electrons. The van der Waals surface area contributed by atoms with E-state index in [1.54, 1.807) is 6.20 Å². The van der Waals surface area contributed by atoms with E-state index in [1.807, 2.05) is 26.0 Å². The third-order valence-electron chi connectivity index (χ3n) is 2.86. The molecule has 0 atom stereocenters. The average molecular weight is 398 g/mol. The summed E-state index contributed by atoms with van der Waals surface area (Å²) >= 11 is 7.00. The molecule has 0 radical (unpaired) electrons. The topological polar surface area (TPSA) is 90.3 Å². The van der Waals surface area contributed by atoms with Crippen LogP contribution in [0.2, 0.25) is 0 Å². The number of hydrogen-bond acceptors (Lipinski definition) is 5. The molecule has 0 aliphatic rings. The summed E-state index contributed by atoms with van der Waals surface area (Å²) in [6.45, 7) is 4.02. The molecule has 0 spiro atoms. The minimum Gasteiger partial charge on any atom is -0.359 e. The number of allylic oxidation sites excluding steroid dienone is 1. The minimum absolute atomic E-state index is 0.252. The molecule has 0 aliphatic heterocycles. The fourth-order valence-corrected chi connectivity index (χ4v) is 3.06. The van der Waals surface area contributed by atoms with E-state index in [-0.39, 0.29) is 5.82 Å². The van der Waals surface area contributed by atoms with E-state index in [0.29, 0.717) is 5.57 Å². The molecular weight excluding hydrogens is 388 g/mol. The van der Waals surface area contributed by atoms with E-state index < -0.39 is 0 Å². The molecule has 0 amide bonds. The molecule has 0 aliphatic carbocycles. The van der Waals surface area contributed by atoms with Crippen molar-refractivity contribution in [2.45, 2.75) is 13.8 Å². The van der Waals surface area contributed by atoms with Crippen molar-refractivity contribution in [3.05, 3.63) is 38.2 Å². The Morgan fingerprint density at radius 2 is 2.10 bits per heavy atom. The maximum Gasteiger partial charge on any atom is 0.216 e. The van der Waals surface area contributed by atoms with E-state index >= 15 is 0 Å². The summed E-state index contributed by atoms with van der Waals surface area (Å²) in [7, 11) is 0. The first kappa shape index (κ1) is 14.7. The van der Waals surface area contributed by atoms with Crippen LogP contribution in [-0.4, -0.2) is 20.6 Å². The fourth-order valence-electron chi connectivity index (χ4n) is 1.58. The number of nitrogens with one attached hydrogen (secondary N) is 2. The zero-order chi connectivity index (χ0) is 14.7. The molecule has 0 bridgehead atoms. The van der Waals surface area contributed by atoms with Gasteiger partial charge in [0.2, 0.25) is 5.82 Å². The van der Waals surface area contributed by atoms with Crippen molar-refractivity contribution in [3.63, 3.8) is 0 Å². The quantitative estimate of drug-likeness (QED) is 0.775. The third-order valence-corrected chi connectivity index (χ3v) is 4.30. The van der Waals surface area contributed by atoms with E-state index in [0.717, 1.165) is 25.8 Å². The average Bonchev–Trinajstić information content (AvgIpc) is 2.94. The number of aromatic nitrogens is 4. The van der Waals surface area contributed by atoms with Crippen LogP contribution >= 0.6 is 31.9 Å². The van der Waals surface area contributed by atoms with E-state index in [2.05, 4.69) is 57.8 Å². The van der Waals surface area contributed by atoms with Gasteiger partial charge in [-0.3, -0.25) is 0 Å². The highest BCUT2D eigenvalue weighted by molar-refractivity contribution is 9.11. The summed E-state index contributed by atoms with van der Waals surface area (Å²) < 4.78 is 1.92. The highest BCUT2D eigenvalue weighted by Gasteiger charge is 2.10. The van der Waals surface area contributed by atoms with E-state index in [1.165, 1.54) is 0 Å². The summed E-state index contributed by atoms with van der Waals surface area (Å²) in [5.41, 5.74) is 3.39. The maximum absolute atomic E-state index is 9.11. The summed E-state index contributed by atoms with van der Waals surface area (Å²) in [5.74, 6) is 0.252. The van der Waals surface area contributed by atoms with Crippen molar-refractivity contribution in [2.75, 3.05) is 5.32 Å². The standard InChI is InChI=1S/C12H10Br2N6/c1-6-7(2)11(10(14)3-9(6)13)16-5-8(4-15)12-17-19-20-18-12/h3,5,16H,1-2H3,(H,17,18,19,20). The summed E-state index contributed by atoms with van der Waals surface area (Å²) in [4.78, 5) is 0. The van der Waals surface area contributed by atoms with Gasteiger partial charge in [0.15, 0.2) is 0 Å². The van der Waals surface area contributed by atoms with Gasteiger partial charge in [0.25, 0.3) is 0 Å². The normalized spacial score (nSPS) is 11.2. The molecular formula is C12H10Br2N6. The molecule has 0 unspecified atom stereocenters. The van der Waals surface area contributed by atoms with Crippen LogP contribution in [0.25, 0.3) is 5.57 Å². The number of aromatic amines is 1. The lowest BCUT2D eigenvalue weighted by atomic mass is 10.1. The molecule has 0 saturated heterocycles. The zero-order valence-corrected chi connectivity index (χ0v) is 13.9. The molecule has 2 aromatic rings. The fraction of sp³-hybridized carbons (Fsp3) is 0.167. The molecule has 1 aromatic heterocycles. The number of nitrogens with zero attached hydrogens (tertiary/aromatic N) is 4. The van der Waals surface area contributed by atoms with Crippen molar-refractivity contribution in [2.24, 2.45) is 0 Å². The van der Waals surface area contributed by atoms with Gasteiger partial charge >= 0.3 is 0 Å². The second-order valence-corrected chi connectivity index (χ2v) is 5.72. The van der Waals surface area contributed by atoms with Crippen LogP contribution in [0, 0.1) is 25.2 Å². The van der Waals surface area contributed by atoms with Crippen LogP contribution < -0.4 is 5.32 Å². The Balaban J connectivity index is 2.36. The van der Waals surface area contributed by atoms with Crippen LogP contribution in [0.15, 0.2) is 21.2 Å². The minimum atomic E-state index is 0.252. The Bertz CT molecular complexity index is 700. The molecule has 20 heavy (non-hydrogen) atoms. The lowest BCUT2D eigenvalue weighted by Crippen LogP contribution is -1.98. The van der Waals surface area contributed by atoms with Crippen LogP contribution in [0.4, 0.5) is 5.69 Å². The molecule has 2 rings (SSSR count). The van der Waals surface area contributed by atoms with Gasteiger partial charge in [0.05, 0.1) is 5.69 Å². The highest BCUT2D eigenvalue weighted by Crippen LogP contribution is 2.34. The first-order valence-corrected chi connectivity index (χ1v) is 7.19. The summed E-state index contributed by atoms with van der Waals surface area (Å²) in [5, 5.41) is 25.5. The van der Waals surface area contributed by atoms with Gasteiger partial charge in [-0.15, -0.1) is 10.2 Å². The van der Waals surface area contributed by atoms with Gasteiger partial charge in [-0.25, -0.2) is 0 Å². The third kappa shape index (κ3) is 2.89. The number of tetrazole rings is 1.